The summed E-state index contributed by atoms with van der Waals surface area (Å²) in [6, 6.07) is 17.7. The zero-order valence-electron chi connectivity index (χ0n) is 19.6. The molecule has 9 nitrogen and oxygen atoms in total. The number of amides is 1. The molecule has 3 aromatic carbocycles. The van der Waals surface area contributed by atoms with Crippen molar-refractivity contribution in [2.24, 2.45) is 0 Å². The minimum atomic E-state index is -4.03. The van der Waals surface area contributed by atoms with Crippen LogP contribution in [0.5, 0.6) is 23.0 Å². The van der Waals surface area contributed by atoms with Crippen molar-refractivity contribution in [1.29, 1.82) is 0 Å². The van der Waals surface area contributed by atoms with Crippen LogP contribution in [0.3, 0.4) is 0 Å². The van der Waals surface area contributed by atoms with Crippen LogP contribution in [0.15, 0.2) is 71.6 Å². The zero-order valence-corrected chi connectivity index (χ0v) is 21.2. The van der Waals surface area contributed by atoms with Crippen molar-refractivity contribution >= 4 is 33.2 Å². The summed E-state index contributed by atoms with van der Waals surface area (Å²) in [4.78, 5) is 12.9. The first-order valence-electron chi connectivity index (χ1n) is 11.0. The number of halogens is 1. The highest BCUT2D eigenvalue weighted by atomic mass is 35.5. The van der Waals surface area contributed by atoms with Crippen LogP contribution in [0, 0.1) is 0 Å². The van der Waals surface area contributed by atoms with Gasteiger partial charge in [-0.15, -0.1) is 0 Å². The summed E-state index contributed by atoms with van der Waals surface area (Å²) in [5.74, 6) is 1.62. The average Bonchev–Trinajstić information content (AvgIpc) is 2.90. The number of fused-ring (bicyclic) bond motifs is 1. The molecule has 0 spiro atoms. The van der Waals surface area contributed by atoms with Gasteiger partial charge in [0.25, 0.3) is 15.9 Å². The first-order valence-corrected chi connectivity index (χ1v) is 12.8. The molecule has 1 atom stereocenters. The molecular weight excluding hydrogens is 508 g/mol. The minimum absolute atomic E-state index is 0.0446. The highest BCUT2D eigenvalue weighted by Gasteiger charge is 2.37. The van der Waals surface area contributed by atoms with Crippen molar-refractivity contribution in [2.75, 3.05) is 38.2 Å². The van der Waals surface area contributed by atoms with Gasteiger partial charge in [-0.2, -0.15) is 0 Å². The molecule has 0 radical (unpaired) electrons. The van der Waals surface area contributed by atoms with Gasteiger partial charge in [-0.05, 0) is 66.7 Å². The van der Waals surface area contributed by atoms with Crippen molar-refractivity contribution in [3.63, 3.8) is 0 Å². The lowest BCUT2D eigenvalue weighted by Gasteiger charge is -2.34. The van der Waals surface area contributed by atoms with E-state index in [2.05, 4.69) is 5.32 Å². The topological polar surface area (TPSA) is 103 Å². The Morgan fingerprint density at radius 1 is 1.00 bits per heavy atom. The van der Waals surface area contributed by atoms with Gasteiger partial charge in [-0.25, -0.2) is 8.42 Å². The van der Waals surface area contributed by atoms with Gasteiger partial charge in [-0.3, -0.25) is 9.10 Å². The van der Waals surface area contributed by atoms with E-state index < -0.39 is 22.0 Å². The van der Waals surface area contributed by atoms with E-state index in [1.165, 1.54) is 25.3 Å². The lowest BCUT2D eigenvalue weighted by molar-refractivity contribution is -0.127. The molecule has 0 fully saturated rings. The van der Waals surface area contributed by atoms with Gasteiger partial charge in [0.15, 0.2) is 6.10 Å². The number of carbonyl (C=O) groups excluding carboxylic acids is 1. The fourth-order valence-electron chi connectivity index (χ4n) is 3.59. The maximum atomic E-state index is 13.5. The summed E-state index contributed by atoms with van der Waals surface area (Å²) in [7, 11) is -0.953. The third kappa shape index (κ3) is 5.60. The van der Waals surface area contributed by atoms with E-state index in [9.17, 15) is 13.2 Å². The summed E-state index contributed by atoms with van der Waals surface area (Å²) in [5.41, 5.74) is 0.255. The van der Waals surface area contributed by atoms with Gasteiger partial charge in [0.05, 0.1) is 37.9 Å². The molecule has 1 amide bonds. The number of carbonyl (C=O) groups is 1. The van der Waals surface area contributed by atoms with Crippen LogP contribution >= 0.6 is 11.6 Å². The second-order valence-electron chi connectivity index (χ2n) is 7.75. The third-order valence-corrected chi connectivity index (χ3v) is 7.49. The van der Waals surface area contributed by atoms with Crippen LogP contribution in [0.2, 0.25) is 5.02 Å². The molecule has 4 rings (SSSR count). The standard InChI is InChI=1S/C25H25ClN2O7S/c1-32-18-4-6-20(7-5-18)34-14-13-27-25(29)24-16-28(22-15-17(26)3-12-23(22)35-24)36(30,31)21-10-8-19(33-2)9-11-21/h3-12,15,24H,13-14,16H2,1-2H3,(H,27,29)/t24-/m1/s1. The smallest absolute Gasteiger partial charge is 0.264 e. The molecule has 0 unspecified atom stereocenters. The number of rotatable bonds is 9. The fraction of sp³-hybridized carbons (Fsp3) is 0.240. The number of sulfonamides is 1. The second kappa shape index (κ2) is 11.0. The van der Waals surface area contributed by atoms with Crippen molar-refractivity contribution in [3.05, 3.63) is 71.8 Å². The lowest BCUT2D eigenvalue weighted by Crippen LogP contribution is -2.51. The number of anilines is 1. The van der Waals surface area contributed by atoms with Crippen LogP contribution in [0.1, 0.15) is 0 Å². The lowest BCUT2D eigenvalue weighted by atomic mass is 10.2. The van der Waals surface area contributed by atoms with E-state index in [0.717, 1.165) is 4.31 Å². The highest BCUT2D eigenvalue weighted by Crippen LogP contribution is 2.39. The van der Waals surface area contributed by atoms with Crippen molar-refractivity contribution in [1.82, 2.24) is 5.32 Å². The number of methoxy groups -OCH3 is 2. The van der Waals surface area contributed by atoms with Crippen molar-refractivity contribution in [3.8, 4) is 23.0 Å². The van der Waals surface area contributed by atoms with E-state index in [-0.39, 0.29) is 36.0 Å². The summed E-state index contributed by atoms with van der Waals surface area (Å²) < 4.78 is 49.9. The summed E-state index contributed by atoms with van der Waals surface area (Å²) >= 11 is 6.13. The average molecular weight is 533 g/mol. The molecule has 0 aliphatic carbocycles. The van der Waals surface area contributed by atoms with Gasteiger partial charge < -0.3 is 24.3 Å². The van der Waals surface area contributed by atoms with E-state index in [0.29, 0.717) is 22.3 Å². The Hall–Kier alpha value is -3.63. The van der Waals surface area contributed by atoms with Gasteiger partial charge in [0.1, 0.15) is 29.6 Å². The molecule has 1 aliphatic rings. The molecule has 190 valence electrons. The van der Waals surface area contributed by atoms with E-state index in [1.807, 2.05) is 0 Å². The zero-order chi connectivity index (χ0) is 25.7. The van der Waals surface area contributed by atoms with Gasteiger partial charge in [-0.1, -0.05) is 11.6 Å². The summed E-state index contributed by atoms with van der Waals surface area (Å²) in [6.45, 7) is 0.182. The Balaban J connectivity index is 1.46. The third-order valence-electron chi connectivity index (χ3n) is 5.46. The predicted molar refractivity (Wildman–Crippen MR) is 135 cm³/mol. The molecule has 3 aromatic rings. The second-order valence-corrected chi connectivity index (χ2v) is 10.0. The Kier molecular flexibility index (Phi) is 7.76. The molecule has 36 heavy (non-hydrogen) atoms. The number of nitrogens with one attached hydrogen (secondary N) is 1. The number of benzene rings is 3. The SMILES string of the molecule is COc1ccc(OCCNC(=O)[C@H]2CN(S(=O)(=O)c3ccc(OC)cc3)c3cc(Cl)ccc3O2)cc1. The molecule has 1 heterocycles. The van der Waals surface area contributed by atoms with Crippen molar-refractivity contribution < 1.29 is 32.2 Å². The van der Waals surface area contributed by atoms with Crippen LogP contribution < -0.4 is 28.6 Å². The Labute approximate surface area is 214 Å². The molecule has 1 aliphatic heterocycles. The number of nitrogens with zero attached hydrogens (tertiary/aromatic N) is 1. The van der Waals surface area contributed by atoms with Crippen molar-refractivity contribution in [2.45, 2.75) is 11.0 Å². The Morgan fingerprint density at radius 3 is 2.25 bits per heavy atom. The quantitative estimate of drug-likeness (QED) is 0.421. The first-order chi connectivity index (χ1) is 17.3. The fourth-order valence-corrected chi connectivity index (χ4v) is 5.23. The number of hydrogen-bond donors (Lipinski definition) is 1. The largest absolute Gasteiger partial charge is 0.497 e. The summed E-state index contributed by atoms with van der Waals surface area (Å²) in [6.07, 6.45) is -1.08. The summed E-state index contributed by atoms with van der Waals surface area (Å²) in [5, 5.41) is 3.08. The van der Waals surface area contributed by atoms with Crippen LogP contribution in [0.4, 0.5) is 5.69 Å². The maximum Gasteiger partial charge on any atom is 0.264 e. The minimum Gasteiger partial charge on any atom is -0.497 e. The Morgan fingerprint density at radius 2 is 1.61 bits per heavy atom. The van der Waals surface area contributed by atoms with E-state index in [1.54, 1.807) is 55.6 Å². The Bertz CT molecular complexity index is 1320. The molecule has 0 bridgehead atoms. The van der Waals surface area contributed by atoms with E-state index >= 15 is 0 Å². The van der Waals surface area contributed by atoms with Gasteiger partial charge in [0.2, 0.25) is 0 Å². The number of hydrogen-bond acceptors (Lipinski definition) is 7. The maximum absolute atomic E-state index is 13.5. The number of ether oxygens (including phenoxy) is 4. The van der Waals surface area contributed by atoms with Crippen LogP contribution in [-0.2, 0) is 14.8 Å². The predicted octanol–water partition coefficient (Wildman–Crippen LogP) is 3.51. The molecule has 11 heteroatoms. The van der Waals surface area contributed by atoms with Gasteiger partial charge in [0, 0.05) is 5.02 Å². The molecular formula is C25H25ClN2O7S. The highest BCUT2D eigenvalue weighted by molar-refractivity contribution is 7.92. The normalized spacial score (nSPS) is 14.9. The monoisotopic (exact) mass is 532 g/mol. The molecule has 0 aromatic heterocycles. The first kappa shape index (κ1) is 25.5. The van der Waals surface area contributed by atoms with Gasteiger partial charge >= 0.3 is 0 Å². The van der Waals surface area contributed by atoms with E-state index in [4.69, 9.17) is 30.5 Å². The van der Waals surface area contributed by atoms with Crippen LogP contribution in [-0.4, -0.2) is 54.3 Å². The molecule has 0 saturated heterocycles. The van der Waals surface area contributed by atoms with Crippen LogP contribution in [0.25, 0.3) is 0 Å². The molecule has 1 N–H and O–H groups in total. The molecule has 0 saturated carbocycles.